The Morgan fingerprint density at radius 2 is 1.29 bits per heavy atom. The SMILES string of the molecule is C=Cc1cccc2c1nc(CNC(=O)OCc1ccccc1)n2COCC[Si](C)(C)C.C=Cc1cccc2nc(CN(Cc3ccccc3)C(=O)O)n(COCC[Si](C)(C)C)c12. The average Bonchev–Trinajstić information content (AvgIpc) is 3.79. The fraction of sp³-hybridized carbons (Fsp3) is 0.333. The maximum absolute atomic E-state index is 12.2. The van der Waals surface area contributed by atoms with E-state index in [2.05, 4.69) is 57.8 Å². The summed E-state index contributed by atoms with van der Waals surface area (Å²) in [6.07, 6.45) is 2.12. The van der Waals surface area contributed by atoms with Crippen LogP contribution in [-0.4, -0.2) is 70.7 Å². The summed E-state index contributed by atoms with van der Waals surface area (Å²) in [5.41, 5.74) is 7.32. The van der Waals surface area contributed by atoms with E-state index >= 15 is 0 Å². The summed E-state index contributed by atoms with van der Waals surface area (Å²) >= 11 is 0. The Hall–Kier alpha value is -5.81. The van der Waals surface area contributed by atoms with Crippen LogP contribution in [0.25, 0.3) is 34.2 Å². The van der Waals surface area contributed by atoms with Crippen molar-refractivity contribution in [2.45, 2.75) is 91.1 Å². The predicted octanol–water partition coefficient (Wildman–Crippen LogP) is 11.1. The molecule has 4 aromatic carbocycles. The van der Waals surface area contributed by atoms with Gasteiger partial charge in [0, 0.05) is 41.5 Å². The van der Waals surface area contributed by atoms with E-state index in [4.69, 9.17) is 24.2 Å². The van der Waals surface area contributed by atoms with Crippen molar-refractivity contribution in [2.24, 2.45) is 0 Å². The summed E-state index contributed by atoms with van der Waals surface area (Å²) in [5, 5.41) is 12.6. The number of carbonyl (C=O) groups excluding carboxylic acids is 1. The van der Waals surface area contributed by atoms with Gasteiger partial charge in [-0.2, -0.15) is 0 Å². The summed E-state index contributed by atoms with van der Waals surface area (Å²) in [5.74, 6) is 1.38. The maximum Gasteiger partial charge on any atom is 0.408 e. The van der Waals surface area contributed by atoms with E-state index in [1.807, 2.05) is 106 Å². The molecule has 2 heterocycles. The van der Waals surface area contributed by atoms with Crippen LogP contribution in [0.1, 0.15) is 33.9 Å². The minimum Gasteiger partial charge on any atom is -0.465 e. The van der Waals surface area contributed by atoms with Crippen LogP contribution in [0, 0.1) is 0 Å². The van der Waals surface area contributed by atoms with Crippen molar-refractivity contribution < 1.29 is 28.9 Å². The number of ether oxygens (including phenoxy) is 3. The Balaban J connectivity index is 0.000000234. The minimum atomic E-state index is -1.20. The van der Waals surface area contributed by atoms with E-state index in [1.54, 1.807) is 12.2 Å². The molecule has 2 N–H and O–H groups in total. The first kappa shape index (κ1) is 47.2. The molecule has 2 aromatic heterocycles. The molecular formula is C48H62N6O6Si2. The molecule has 0 aliphatic heterocycles. The molecule has 62 heavy (non-hydrogen) atoms. The van der Waals surface area contributed by atoms with Crippen molar-refractivity contribution in [1.82, 2.24) is 29.3 Å². The molecule has 0 saturated carbocycles. The number of carboxylic acid groups (broad SMARTS) is 1. The molecule has 0 saturated heterocycles. The van der Waals surface area contributed by atoms with Crippen LogP contribution in [0.4, 0.5) is 9.59 Å². The quantitative estimate of drug-likeness (QED) is 0.0572. The van der Waals surface area contributed by atoms with Gasteiger partial charge in [0.25, 0.3) is 0 Å². The second-order valence-corrected chi connectivity index (χ2v) is 28.7. The lowest BCUT2D eigenvalue weighted by atomic mass is 10.2. The first-order valence-corrected chi connectivity index (χ1v) is 28.4. The molecule has 12 nitrogen and oxygen atoms in total. The molecule has 0 spiro atoms. The number of benzene rings is 4. The molecule has 0 aliphatic rings. The number of para-hydroxylation sites is 2. The van der Waals surface area contributed by atoms with Crippen LogP contribution in [-0.2, 0) is 53.9 Å². The fourth-order valence-electron chi connectivity index (χ4n) is 6.51. The number of hydrogen-bond acceptors (Lipinski definition) is 7. The zero-order valence-corrected chi connectivity index (χ0v) is 39.1. The highest BCUT2D eigenvalue weighted by atomic mass is 28.3. The van der Waals surface area contributed by atoms with Crippen molar-refractivity contribution in [3.8, 4) is 0 Å². The van der Waals surface area contributed by atoms with Gasteiger partial charge in [-0.05, 0) is 40.9 Å². The second-order valence-electron chi connectivity index (χ2n) is 17.5. The van der Waals surface area contributed by atoms with Crippen molar-refractivity contribution in [3.05, 3.63) is 144 Å². The smallest absolute Gasteiger partial charge is 0.408 e. The van der Waals surface area contributed by atoms with Crippen LogP contribution in [0.2, 0.25) is 51.4 Å². The summed E-state index contributed by atoms with van der Waals surface area (Å²) in [6, 6.07) is 33.2. The van der Waals surface area contributed by atoms with Gasteiger partial charge < -0.3 is 33.8 Å². The normalized spacial score (nSPS) is 11.5. The Morgan fingerprint density at radius 3 is 1.89 bits per heavy atom. The largest absolute Gasteiger partial charge is 0.465 e. The maximum atomic E-state index is 12.2. The third kappa shape index (κ3) is 14.1. The molecule has 2 amide bonds. The van der Waals surface area contributed by atoms with Crippen LogP contribution < -0.4 is 5.32 Å². The zero-order chi connectivity index (χ0) is 44.7. The van der Waals surface area contributed by atoms with Crippen LogP contribution >= 0.6 is 0 Å². The highest BCUT2D eigenvalue weighted by Gasteiger charge is 2.21. The number of fused-ring (bicyclic) bond motifs is 2. The van der Waals surface area contributed by atoms with Crippen LogP contribution in [0.15, 0.2) is 110 Å². The lowest BCUT2D eigenvalue weighted by Crippen LogP contribution is -2.30. The average molecular weight is 875 g/mol. The molecule has 14 heteroatoms. The van der Waals surface area contributed by atoms with Gasteiger partial charge in [-0.15, -0.1) is 0 Å². The number of alkyl carbamates (subject to hydrolysis) is 1. The van der Waals surface area contributed by atoms with Gasteiger partial charge >= 0.3 is 12.2 Å². The number of rotatable bonds is 20. The van der Waals surface area contributed by atoms with Gasteiger partial charge in [-0.3, -0.25) is 4.90 Å². The second kappa shape index (κ2) is 22.3. The molecular weight excluding hydrogens is 813 g/mol. The summed E-state index contributed by atoms with van der Waals surface area (Å²) in [6.45, 7) is 24.8. The molecule has 6 rings (SSSR count). The van der Waals surface area contributed by atoms with Crippen molar-refractivity contribution in [3.63, 3.8) is 0 Å². The Labute approximate surface area is 367 Å². The van der Waals surface area contributed by atoms with E-state index in [0.29, 0.717) is 44.9 Å². The van der Waals surface area contributed by atoms with E-state index in [1.165, 1.54) is 4.90 Å². The van der Waals surface area contributed by atoms with E-state index in [0.717, 1.165) is 56.4 Å². The molecule has 0 bridgehead atoms. The molecule has 0 aliphatic carbocycles. The van der Waals surface area contributed by atoms with Crippen LogP contribution in [0.5, 0.6) is 0 Å². The van der Waals surface area contributed by atoms with E-state index < -0.39 is 28.3 Å². The lowest BCUT2D eigenvalue weighted by molar-refractivity contribution is 0.0847. The van der Waals surface area contributed by atoms with Gasteiger partial charge in [-0.1, -0.05) is 150 Å². The third-order valence-electron chi connectivity index (χ3n) is 10.1. The lowest BCUT2D eigenvalue weighted by Gasteiger charge is -2.20. The van der Waals surface area contributed by atoms with Crippen molar-refractivity contribution in [2.75, 3.05) is 13.2 Å². The van der Waals surface area contributed by atoms with Crippen molar-refractivity contribution in [1.29, 1.82) is 0 Å². The monoisotopic (exact) mass is 874 g/mol. The fourth-order valence-corrected chi connectivity index (χ4v) is 8.02. The number of imidazole rings is 2. The van der Waals surface area contributed by atoms with Gasteiger partial charge in [0.2, 0.25) is 0 Å². The topological polar surface area (TPSA) is 133 Å². The number of nitrogens with one attached hydrogen (secondary N) is 1. The third-order valence-corrected chi connectivity index (χ3v) is 13.5. The molecule has 0 unspecified atom stereocenters. The highest BCUT2D eigenvalue weighted by Crippen LogP contribution is 2.25. The summed E-state index contributed by atoms with van der Waals surface area (Å²) in [7, 11) is -2.37. The number of hydrogen-bond donors (Lipinski definition) is 2. The molecule has 0 fully saturated rings. The zero-order valence-electron chi connectivity index (χ0n) is 37.1. The van der Waals surface area contributed by atoms with Gasteiger partial charge in [0.15, 0.2) is 0 Å². The van der Waals surface area contributed by atoms with Crippen molar-refractivity contribution >= 4 is 62.6 Å². The molecule has 6 aromatic rings. The molecule has 0 radical (unpaired) electrons. The highest BCUT2D eigenvalue weighted by molar-refractivity contribution is 6.76. The minimum absolute atomic E-state index is 0.173. The number of aromatic nitrogens is 4. The van der Waals surface area contributed by atoms with E-state index in [9.17, 15) is 14.7 Å². The molecule has 328 valence electrons. The van der Waals surface area contributed by atoms with Gasteiger partial charge in [0.1, 0.15) is 31.7 Å². The molecule has 0 atom stereocenters. The summed E-state index contributed by atoms with van der Waals surface area (Å²) in [4.78, 5) is 35.1. The van der Waals surface area contributed by atoms with Crippen LogP contribution in [0.3, 0.4) is 0 Å². The van der Waals surface area contributed by atoms with E-state index in [-0.39, 0.29) is 19.7 Å². The Bertz CT molecular complexity index is 2400. The number of carbonyl (C=O) groups is 2. The number of nitrogens with zero attached hydrogens (tertiary/aromatic N) is 5. The first-order chi connectivity index (χ1) is 29.7. The standard InChI is InChI=1S/2C24H31N3O3Si/c1-5-20-12-9-13-21-23(20)26-22(27(21)18-29-14-15-31(2,3)4)16-25-24(28)30-17-19-10-7-6-8-11-19;1-5-20-12-9-13-21-23(20)27(18-30-14-15-31(2,3)4)22(25-21)17-26(24(28)29)16-19-10-7-6-8-11-19/h5-13H,1,14-18H2,2-4H3,(H,25,28);5-13H,1,14-18H2,2-4H3,(H,28,29). The predicted molar refractivity (Wildman–Crippen MR) is 255 cm³/mol. The first-order valence-electron chi connectivity index (χ1n) is 21.0. The summed E-state index contributed by atoms with van der Waals surface area (Å²) < 4.78 is 21.3. The number of amides is 2. The van der Waals surface area contributed by atoms with Gasteiger partial charge in [-0.25, -0.2) is 19.6 Å². The Kier molecular flexibility index (Phi) is 17.0. The van der Waals surface area contributed by atoms with Gasteiger partial charge in [0.05, 0.1) is 35.2 Å². The Morgan fingerprint density at radius 1 is 0.710 bits per heavy atom.